The lowest BCUT2D eigenvalue weighted by Gasteiger charge is -2.38. The van der Waals surface area contributed by atoms with Crippen LogP contribution >= 0.6 is 39.3 Å². The van der Waals surface area contributed by atoms with Crippen molar-refractivity contribution >= 4 is 39.3 Å². The molecule has 0 radical (unpaired) electrons. The van der Waals surface area contributed by atoms with Gasteiger partial charge in [-0.1, -0.05) is 17.7 Å². The number of likely N-dealkylation sites (N-methyl/N-ethyl adjacent to an activating group) is 2. The van der Waals surface area contributed by atoms with Crippen LogP contribution in [0, 0.1) is 5.82 Å². The third kappa shape index (κ3) is 3.27. The van der Waals surface area contributed by atoms with Crippen molar-refractivity contribution < 1.29 is 4.39 Å². The average molecular weight is 368 g/mol. The molecule has 2 rings (SSSR count). The quantitative estimate of drug-likeness (QED) is 0.823. The third-order valence-electron chi connectivity index (χ3n) is 3.54. The molecule has 1 aromatic rings. The highest BCUT2D eigenvalue weighted by Gasteiger charge is 2.30. The van der Waals surface area contributed by atoms with Crippen LogP contribution < -0.4 is 5.32 Å². The molecule has 1 N–H and O–H groups in total. The van der Waals surface area contributed by atoms with Gasteiger partial charge < -0.3 is 5.32 Å². The highest BCUT2D eigenvalue weighted by molar-refractivity contribution is 9.10. The summed E-state index contributed by atoms with van der Waals surface area (Å²) < 4.78 is 14.9. The summed E-state index contributed by atoms with van der Waals surface area (Å²) in [5.74, 6) is 1.79. The van der Waals surface area contributed by atoms with Gasteiger partial charge in [0.2, 0.25) is 0 Å². The summed E-state index contributed by atoms with van der Waals surface area (Å²) in [6, 6.07) is 3.83. The monoisotopic (exact) mass is 366 g/mol. The fourth-order valence-corrected chi connectivity index (χ4v) is 4.14. The second kappa shape index (κ2) is 6.76. The number of nitrogens with one attached hydrogen (secondary N) is 1. The van der Waals surface area contributed by atoms with Crippen LogP contribution in [0.4, 0.5) is 4.39 Å². The van der Waals surface area contributed by atoms with E-state index in [0.29, 0.717) is 10.0 Å². The number of benzene rings is 1. The van der Waals surface area contributed by atoms with Gasteiger partial charge in [-0.05, 0) is 36.1 Å². The molecule has 1 aliphatic rings. The summed E-state index contributed by atoms with van der Waals surface area (Å²) >= 11 is 11.2. The lowest BCUT2D eigenvalue weighted by molar-refractivity contribution is 0.218. The normalized spacial score (nSPS) is 22.5. The van der Waals surface area contributed by atoms with Crippen LogP contribution in [0.15, 0.2) is 16.6 Å². The summed E-state index contributed by atoms with van der Waals surface area (Å²) in [6.45, 7) is 1.03. The molecular weight excluding hydrogens is 351 g/mol. The van der Waals surface area contributed by atoms with Gasteiger partial charge in [0.15, 0.2) is 0 Å². The first-order valence-electron chi connectivity index (χ1n) is 6.15. The average Bonchev–Trinajstić information content (AvgIpc) is 2.41. The van der Waals surface area contributed by atoms with Gasteiger partial charge in [0.05, 0.1) is 11.1 Å². The number of nitrogens with zero attached hydrogens (tertiary/aromatic N) is 1. The van der Waals surface area contributed by atoms with Crippen molar-refractivity contribution in [1.29, 1.82) is 0 Å². The molecule has 0 amide bonds. The van der Waals surface area contributed by atoms with Crippen molar-refractivity contribution in [1.82, 2.24) is 10.2 Å². The van der Waals surface area contributed by atoms with Gasteiger partial charge in [-0.15, -0.1) is 0 Å². The number of hydrogen-bond donors (Lipinski definition) is 1. The molecule has 2 nitrogen and oxygen atoms in total. The number of hydrogen-bond acceptors (Lipinski definition) is 3. The summed E-state index contributed by atoms with van der Waals surface area (Å²) in [7, 11) is 3.96. The SMILES string of the molecule is CNC(c1ccc(Br)c(Cl)c1F)C1CSCCN1C. The number of thioether (sulfide) groups is 1. The van der Waals surface area contributed by atoms with Crippen molar-refractivity contribution in [3.8, 4) is 0 Å². The second-order valence-electron chi connectivity index (χ2n) is 4.65. The predicted octanol–water partition coefficient (Wildman–Crippen LogP) is 3.55. The van der Waals surface area contributed by atoms with E-state index in [0.717, 1.165) is 18.1 Å². The van der Waals surface area contributed by atoms with Crippen LogP contribution in [0.2, 0.25) is 5.02 Å². The lowest BCUT2D eigenvalue weighted by atomic mass is 9.98. The summed E-state index contributed by atoms with van der Waals surface area (Å²) in [4.78, 5) is 2.28. The minimum atomic E-state index is -0.334. The van der Waals surface area contributed by atoms with Crippen molar-refractivity contribution in [3.63, 3.8) is 0 Å². The van der Waals surface area contributed by atoms with Crippen molar-refractivity contribution in [3.05, 3.63) is 33.0 Å². The van der Waals surface area contributed by atoms with E-state index in [1.54, 1.807) is 12.1 Å². The van der Waals surface area contributed by atoms with Gasteiger partial charge >= 0.3 is 0 Å². The first-order valence-corrected chi connectivity index (χ1v) is 8.47. The van der Waals surface area contributed by atoms with Gasteiger partial charge in [-0.2, -0.15) is 11.8 Å². The molecule has 6 heteroatoms. The van der Waals surface area contributed by atoms with E-state index in [9.17, 15) is 4.39 Å². The summed E-state index contributed by atoms with van der Waals surface area (Å²) in [5.41, 5.74) is 0.634. The van der Waals surface area contributed by atoms with Crippen LogP contribution in [-0.2, 0) is 0 Å². The largest absolute Gasteiger partial charge is 0.312 e. The maximum Gasteiger partial charge on any atom is 0.147 e. The van der Waals surface area contributed by atoms with E-state index in [2.05, 4.69) is 33.2 Å². The molecule has 2 unspecified atom stereocenters. The van der Waals surface area contributed by atoms with E-state index in [-0.39, 0.29) is 22.9 Å². The molecule has 0 aromatic heterocycles. The van der Waals surface area contributed by atoms with Crippen LogP contribution in [0.25, 0.3) is 0 Å². The smallest absolute Gasteiger partial charge is 0.147 e. The molecule has 2 atom stereocenters. The highest BCUT2D eigenvalue weighted by atomic mass is 79.9. The molecule has 0 spiro atoms. The van der Waals surface area contributed by atoms with Crippen LogP contribution in [-0.4, -0.2) is 43.1 Å². The number of rotatable bonds is 3. The topological polar surface area (TPSA) is 15.3 Å². The fourth-order valence-electron chi connectivity index (χ4n) is 2.39. The Morgan fingerprint density at radius 1 is 1.58 bits per heavy atom. The molecule has 1 saturated heterocycles. The second-order valence-corrected chi connectivity index (χ2v) is 7.04. The Kier molecular flexibility index (Phi) is 5.55. The first kappa shape index (κ1) is 15.6. The standard InChI is InChI=1S/C13H17BrClFN2S/c1-17-13(10-7-19-6-5-18(10)2)8-3-4-9(14)11(15)12(8)16/h3-4,10,13,17H,5-7H2,1-2H3. The summed E-state index contributed by atoms with van der Waals surface area (Å²) in [5, 5.41) is 3.39. The molecule has 0 aliphatic carbocycles. The Hall–Kier alpha value is 0.190. The maximum atomic E-state index is 14.4. The van der Waals surface area contributed by atoms with E-state index in [4.69, 9.17) is 11.6 Å². The molecule has 0 saturated carbocycles. The number of halogens is 3. The Bertz CT molecular complexity index is 461. The Morgan fingerprint density at radius 2 is 2.32 bits per heavy atom. The van der Waals surface area contributed by atoms with Crippen LogP contribution in [0.1, 0.15) is 11.6 Å². The third-order valence-corrected chi connectivity index (χ3v) is 5.85. The molecule has 1 aliphatic heterocycles. The van der Waals surface area contributed by atoms with Crippen molar-refractivity contribution in [2.24, 2.45) is 0 Å². The van der Waals surface area contributed by atoms with Crippen molar-refractivity contribution in [2.75, 3.05) is 32.1 Å². The van der Waals surface area contributed by atoms with E-state index in [1.165, 1.54) is 0 Å². The van der Waals surface area contributed by atoms with Crippen molar-refractivity contribution in [2.45, 2.75) is 12.1 Å². The predicted molar refractivity (Wildman–Crippen MR) is 84.7 cm³/mol. The Balaban J connectivity index is 2.34. The fraction of sp³-hybridized carbons (Fsp3) is 0.538. The Labute approximate surface area is 131 Å². The molecule has 0 bridgehead atoms. The molecular formula is C13H17BrClFN2S. The highest BCUT2D eigenvalue weighted by Crippen LogP contribution is 2.34. The molecule has 1 fully saturated rings. The molecule has 19 heavy (non-hydrogen) atoms. The zero-order valence-corrected chi connectivity index (χ0v) is 14.1. The minimum absolute atomic E-state index is 0.0524. The molecule has 1 aromatic carbocycles. The van der Waals surface area contributed by atoms with E-state index in [1.807, 2.05) is 18.8 Å². The zero-order valence-electron chi connectivity index (χ0n) is 10.9. The van der Waals surface area contributed by atoms with E-state index >= 15 is 0 Å². The summed E-state index contributed by atoms with van der Waals surface area (Å²) in [6.07, 6.45) is 0. The van der Waals surface area contributed by atoms with Gasteiger partial charge in [-0.3, -0.25) is 4.90 Å². The zero-order chi connectivity index (χ0) is 14.0. The van der Waals surface area contributed by atoms with Gasteiger partial charge in [-0.25, -0.2) is 4.39 Å². The minimum Gasteiger partial charge on any atom is -0.312 e. The maximum absolute atomic E-state index is 14.4. The van der Waals surface area contributed by atoms with E-state index < -0.39 is 0 Å². The van der Waals surface area contributed by atoms with Gasteiger partial charge in [0, 0.05) is 34.1 Å². The van der Waals surface area contributed by atoms with Crippen LogP contribution in [0.3, 0.4) is 0 Å². The molecule has 106 valence electrons. The first-order chi connectivity index (χ1) is 9.06. The lowest BCUT2D eigenvalue weighted by Crippen LogP contribution is -2.47. The van der Waals surface area contributed by atoms with Crippen LogP contribution in [0.5, 0.6) is 0 Å². The van der Waals surface area contributed by atoms with Gasteiger partial charge in [0.25, 0.3) is 0 Å². The van der Waals surface area contributed by atoms with Gasteiger partial charge in [0.1, 0.15) is 5.82 Å². The Morgan fingerprint density at radius 3 is 2.95 bits per heavy atom. The molecule has 1 heterocycles.